The summed E-state index contributed by atoms with van der Waals surface area (Å²) in [6, 6.07) is 10.1. The molecule has 0 radical (unpaired) electrons. The zero-order valence-electron chi connectivity index (χ0n) is 9.61. The van der Waals surface area contributed by atoms with E-state index in [1.54, 1.807) is 12.1 Å². The summed E-state index contributed by atoms with van der Waals surface area (Å²) in [5, 5.41) is 14.7. The largest absolute Gasteiger partial charge is 0.478 e. The maximum absolute atomic E-state index is 10.8. The van der Waals surface area contributed by atoms with Crippen LogP contribution in [-0.4, -0.2) is 21.2 Å². The van der Waals surface area contributed by atoms with Crippen molar-refractivity contribution in [2.24, 2.45) is 0 Å². The van der Waals surface area contributed by atoms with Crippen LogP contribution in [-0.2, 0) is 0 Å². The summed E-state index contributed by atoms with van der Waals surface area (Å²) >= 11 is 1.53. The fraction of sp³-hybridized carbons (Fsp3) is 0. The first-order valence-electron chi connectivity index (χ1n) is 5.45. The number of hydrogen-bond donors (Lipinski definition) is 1. The van der Waals surface area contributed by atoms with Gasteiger partial charge in [-0.25, -0.2) is 4.79 Å². The summed E-state index contributed by atoms with van der Waals surface area (Å²) in [6.45, 7) is 0. The molecule has 6 heteroatoms. The molecule has 1 aromatic carbocycles. The fourth-order valence-corrected chi connectivity index (χ4v) is 2.25. The lowest BCUT2D eigenvalue weighted by atomic mass is 10.1. The Morgan fingerprint density at radius 3 is 2.63 bits per heavy atom. The first-order valence-corrected chi connectivity index (χ1v) is 6.33. The highest BCUT2D eigenvalue weighted by Gasteiger charge is 2.11. The first kappa shape index (κ1) is 11.6. The highest BCUT2D eigenvalue weighted by atomic mass is 32.1. The van der Waals surface area contributed by atoms with Crippen LogP contribution in [0.3, 0.4) is 0 Å². The Kier molecular flexibility index (Phi) is 2.85. The molecule has 0 saturated carbocycles. The molecule has 19 heavy (non-hydrogen) atoms. The van der Waals surface area contributed by atoms with E-state index in [-0.39, 0.29) is 5.56 Å². The SMILES string of the molecule is O=C(O)c1ccc(-c2nc(-c3cccs3)no2)cc1. The number of nitrogens with zero attached hydrogens (tertiary/aromatic N) is 2. The molecule has 94 valence electrons. The number of carboxylic acid groups (broad SMARTS) is 1. The van der Waals surface area contributed by atoms with Crippen molar-refractivity contribution < 1.29 is 14.4 Å². The number of aromatic nitrogens is 2. The molecule has 0 unspecified atom stereocenters. The summed E-state index contributed by atoms with van der Waals surface area (Å²) in [5.41, 5.74) is 0.919. The third-order valence-corrected chi connectivity index (χ3v) is 3.41. The minimum absolute atomic E-state index is 0.224. The molecule has 2 aromatic heterocycles. The molecule has 0 spiro atoms. The molecule has 2 heterocycles. The molecule has 3 aromatic rings. The predicted octanol–water partition coefficient (Wildman–Crippen LogP) is 3.16. The van der Waals surface area contributed by atoms with Gasteiger partial charge in [0.15, 0.2) is 0 Å². The van der Waals surface area contributed by atoms with Gasteiger partial charge in [0.2, 0.25) is 5.82 Å². The van der Waals surface area contributed by atoms with Crippen molar-refractivity contribution in [3.8, 4) is 22.2 Å². The first-order chi connectivity index (χ1) is 9.24. The van der Waals surface area contributed by atoms with Crippen LogP contribution in [0.4, 0.5) is 0 Å². The van der Waals surface area contributed by atoms with Gasteiger partial charge in [-0.3, -0.25) is 0 Å². The number of aromatic carboxylic acids is 1. The molecule has 0 aliphatic carbocycles. The van der Waals surface area contributed by atoms with Crippen molar-refractivity contribution in [1.82, 2.24) is 10.1 Å². The number of carbonyl (C=O) groups is 1. The van der Waals surface area contributed by atoms with Crippen LogP contribution in [0.5, 0.6) is 0 Å². The van der Waals surface area contributed by atoms with Gasteiger partial charge >= 0.3 is 5.97 Å². The minimum atomic E-state index is -0.962. The summed E-state index contributed by atoms with van der Waals surface area (Å²) in [6.07, 6.45) is 0. The van der Waals surface area contributed by atoms with Crippen LogP contribution >= 0.6 is 11.3 Å². The van der Waals surface area contributed by atoms with Crippen molar-refractivity contribution in [1.29, 1.82) is 0 Å². The van der Waals surface area contributed by atoms with Crippen LogP contribution in [0, 0.1) is 0 Å². The highest BCUT2D eigenvalue weighted by molar-refractivity contribution is 7.13. The molecule has 1 N–H and O–H groups in total. The molecule has 0 saturated heterocycles. The van der Waals surface area contributed by atoms with Crippen LogP contribution < -0.4 is 0 Å². The molecule has 0 amide bonds. The maximum atomic E-state index is 10.8. The Labute approximate surface area is 112 Å². The number of hydrogen-bond acceptors (Lipinski definition) is 5. The van der Waals surface area contributed by atoms with Gasteiger partial charge in [0.25, 0.3) is 5.89 Å². The van der Waals surface area contributed by atoms with E-state index in [0.717, 1.165) is 4.88 Å². The Morgan fingerprint density at radius 2 is 2.00 bits per heavy atom. The summed E-state index contributed by atoms with van der Waals surface area (Å²) in [7, 11) is 0. The second-order valence-electron chi connectivity index (χ2n) is 3.78. The van der Waals surface area contributed by atoms with E-state index in [1.165, 1.54) is 23.5 Å². The van der Waals surface area contributed by atoms with Crippen LogP contribution in [0.25, 0.3) is 22.2 Å². The van der Waals surface area contributed by atoms with Gasteiger partial charge in [-0.2, -0.15) is 4.98 Å². The Bertz CT molecular complexity index is 702. The van der Waals surface area contributed by atoms with Crippen LogP contribution in [0.1, 0.15) is 10.4 Å². The fourth-order valence-electron chi connectivity index (χ4n) is 1.60. The molecule has 0 aliphatic heterocycles. The van der Waals surface area contributed by atoms with E-state index in [2.05, 4.69) is 10.1 Å². The van der Waals surface area contributed by atoms with E-state index < -0.39 is 5.97 Å². The lowest BCUT2D eigenvalue weighted by molar-refractivity contribution is 0.0697. The zero-order valence-corrected chi connectivity index (χ0v) is 10.4. The van der Waals surface area contributed by atoms with Crippen molar-refractivity contribution in [3.63, 3.8) is 0 Å². The van der Waals surface area contributed by atoms with Crippen molar-refractivity contribution in [3.05, 3.63) is 47.3 Å². The number of rotatable bonds is 3. The van der Waals surface area contributed by atoms with Gasteiger partial charge in [-0.05, 0) is 35.7 Å². The number of thiophene rings is 1. The van der Waals surface area contributed by atoms with Crippen LogP contribution in [0.15, 0.2) is 46.3 Å². The Hall–Kier alpha value is -2.47. The van der Waals surface area contributed by atoms with Crippen molar-refractivity contribution in [2.45, 2.75) is 0 Å². The van der Waals surface area contributed by atoms with Crippen molar-refractivity contribution >= 4 is 17.3 Å². The topological polar surface area (TPSA) is 76.2 Å². The van der Waals surface area contributed by atoms with Gasteiger partial charge in [-0.15, -0.1) is 11.3 Å². The predicted molar refractivity (Wildman–Crippen MR) is 70.0 cm³/mol. The Morgan fingerprint density at radius 1 is 1.21 bits per heavy atom. The van der Waals surface area contributed by atoms with E-state index in [4.69, 9.17) is 9.63 Å². The molecule has 0 atom stereocenters. The minimum Gasteiger partial charge on any atom is -0.478 e. The van der Waals surface area contributed by atoms with E-state index in [9.17, 15) is 4.79 Å². The Balaban J connectivity index is 1.92. The average molecular weight is 272 g/mol. The second-order valence-corrected chi connectivity index (χ2v) is 4.73. The molecule has 0 bridgehead atoms. The number of benzene rings is 1. The quantitative estimate of drug-likeness (QED) is 0.792. The normalized spacial score (nSPS) is 10.5. The summed E-state index contributed by atoms with van der Waals surface area (Å²) in [5.74, 6) is -0.0518. The molecular weight excluding hydrogens is 264 g/mol. The molecule has 3 rings (SSSR count). The lowest BCUT2D eigenvalue weighted by Crippen LogP contribution is -1.94. The van der Waals surface area contributed by atoms with Crippen LogP contribution in [0.2, 0.25) is 0 Å². The van der Waals surface area contributed by atoms with Gasteiger partial charge in [-0.1, -0.05) is 11.2 Å². The standard InChI is InChI=1S/C13H8N2O3S/c16-13(17)9-5-3-8(4-6-9)12-14-11(15-18-12)10-2-1-7-19-10/h1-7H,(H,16,17). The van der Waals surface area contributed by atoms with Gasteiger partial charge in [0.1, 0.15) is 0 Å². The second kappa shape index (κ2) is 4.66. The monoisotopic (exact) mass is 272 g/mol. The zero-order chi connectivity index (χ0) is 13.2. The molecular formula is C13H8N2O3S. The van der Waals surface area contributed by atoms with E-state index in [0.29, 0.717) is 17.3 Å². The smallest absolute Gasteiger partial charge is 0.335 e. The van der Waals surface area contributed by atoms with Gasteiger partial charge < -0.3 is 9.63 Å². The van der Waals surface area contributed by atoms with Crippen molar-refractivity contribution in [2.75, 3.05) is 0 Å². The number of carboxylic acids is 1. The summed E-state index contributed by atoms with van der Waals surface area (Å²) in [4.78, 5) is 16.0. The van der Waals surface area contributed by atoms with Gasteiger partial charge in [0.05, 0.1) is 10.4 Å². The van der Waals surface area contributed by atoms with E-state index in [1.807, 2.05) is 17.5 Å². The van der Waals surface area contributed by atoms with Gasteiger partial charge in [0, 0.05) is 5.56 Å². The highest BCUT2D eigenvalue weighted by Crippen LogP contribution is 2.25. The lowest BCUT2D eigenvalue weighted by Gasteiger charge is -1.95. The third-order valence-electron chi connectivity index (χ3n) is 2.55. The summed E-state index contributed by atoms with van der Waals surface area (Å²) < 4.78 is 5.17. The maximum Gasteiger partial charge on any atom is 0.335 e. The molecule has 0 aliphatic rings. The average Bonchev–Trinajstić information content (AvgIpc) is 3.10. The molecule has 0 fully saturated rings. The third kappa shape index (κ3) is 2.25. The molecule has 5 nitrogen and oxygen atoms in total. The van der Waals surface area contributed by atoms with E-state index >= 15 is 0 Å².